The molecule has 2 nitrogen and oxygen atoms in total. The number of nitrogens with zero attached hydrogens (tertiary/aromatic N) is 2. The van der Waals surface area contributed by atoms with Crippen LogP contribution in [0.5, 0.6) is 0 Å². The van der Waals surface area contributed by atoms with Crippen LogP contribution in [0.3, 0.4) is 0 Å². The van der Waals surface area contributed by atoms with E-state index in [-0.39, 0.29) is 0 Å². The molecule has 0 aromatic carbocycles. The van der Waals surface area contributed by atoms with E-state index in [1.165, 1.54) is 77.5 Å². The molecule has 2 heteroatoms. The van der Waals surface area contributed by atoms with Crippen LogP contribution in [-0.2, 0) is 0 Å². The quantitative estimate of drug-likeness (QED) is 0.705. The normalized spacial score (nSPS) is 39.5. The molecule has 0 aromatic heterocycles. The third-order valence-electron chi connectivity index (χ3n) is 5.70. The highest BCUT2D eigenvalue weighted by Crippen LogP contribution is 2.31. The summed E-state index contributed by atoms with van der Waals surface area (Å²) in [5.41, 5.74) is 0. The minimum absolute atomic E-state index is 0.909. The first kappa shape index (κ1) is 12.9. The largest absolute Gasteiger partial charge is 0.300 e. The molecule has 0 aliphatic carbocycles. The van der Waals surface area contributed by atoms with Gasteiger partial charge in [-0.25, -0.2) is 0 Å². The Labute approximate surface area is 113 Å². The molecule has 0 spiro atoms. The van der Waals surface area contributed by atoms with Gasteiger partial charge in [0.1, 0.15) is 0 Å². The molecule has 3 aliphatic rings. The molecule has 0 aromatic rings. The summed E-state index contributed by atoms with van der Waals surface area (Å²) in [5.74, 6) is 0.936. The van der Waals surface area contributed by atoms with Crippen molar-refractivity contribution < 1.29 is 0 Å². The second-order valence-electron chi connectivity index (χ2n) is 6.70. The Morgan fingerprint density at radius 2 is 1.61 bits per heavy atom. The van der Waals surface area contributed by atoms with Crippen molar-refractivity contribution in [3.05, 3.63) is 0 Å². The molecule has 3 rings (SSSR count). The van der Waals surface area contributed by atoms with Crippen molar-refractivity contribution in [1.29, 1.82) is 0 Å². The second-order valence-corrected chi connectivity index (χ2v) is 6.70. The van der Waals surface area contributed by atoms with Crippen LogP contribution in [0.15, 0.2) is 0 Å². The van der Waals surface area contributed by atoms with E-state index in [0.717, 1.165) is 18.0 Å². The summed E-state index contributed by atoms with van der Waals surface area (Å²) in [5, 5.41) is 0. The molecule has 3 heterocycles. The molecule has 3 saturated heterocycles. The van der Waals surface area contributed by atoms with Gasteiger partial charge in [-0.05, 0) is 57.7 Å². The molecule has 18 heavy (non-hydrogen) atoms. The lowest BCUT2D eigenvalue weighted by Gasteiger charge is -2.48. The Kier molecular flexibility index (Phi) is 4.25. The van der Waals surface area contributed by atoms with Gasteiger partial charge in [-0.2, -0.15) is 0 Å². The lowest BCUT2D eigenvalue weighted by molar-refractivity contribution is 0.0163. The summed E-state index contributed by atoms with van der Waals surface area (Å²) in [4.78, 5) is 5.70. The average Bonchev–Trinajstić information content (AvgIpc) is 2.41. The average molecular weight is 250 g/mol. The molecule has 3 atom stereocenters. The number of hydrogen-bond acceptors (Lipinski definition) is 2. The summed E-state index contributed by atoms with van der Waals surface area (Å²) in [7, 11) is 0. The highest BCUT2D eigenvalue weighted by molar-refractivity contribution is 4.90. The number of fused-ring (bicyclic) bond motifs is 2. The first-order chi connectivity index (χ1) is 8.88. The summed E-state index contributed by atoms with van der Waals surface area (Å²) >= 11 is 0. The van der Waals surface area contributed by atoms with E-state index < -0.39 is 0 Å². The first-order valence-corrected chi connectivity index (χ1v) is 8.36. The van der Waals surface area contributed by atoms with Crippen molar-refractivity contribution in [2.45, 2.75) is 70.4 Å². The third-order valence-corrected chi connectivity index (χ3v) is 5.70. The zero-order valence-corrected chi connectivity index (χ0v) is 12.1. The van der Waals surface area contributed by atoms with E-state index in [1.807, 2.05) is 0 Å². The van der Waals surface area contributed by atoms with Crippen molar-refractivity contribution in [2.24, 2.45) is 5.92 Å². The van der Waals surface area contributed by atoms with Gasteiger partial charge in [0.2, 0.25) is 0 Å². The van der Waals surface area contributed by atoms with Crippen molar-refractivity contribution in [1.82, 2.24) is 9.80 Å². The highest BCUT2D eigenvalue weighted by Gasteiger charge is 2.35. The summed E-state index contributed by atoms with van der Waals surface area (Å²) in [6.07, 6.45) is 11.6. The zero-order valence-electron chi connectivity index (χ0n) is 12.1. The highest BCUT2D eigenvalue weighted by atomic mass is 15.2. The Balaban J connectivity index is 1.73. The maximum atomic E-state index is 2.85. The SMILES string of the molecule is CCC1CN2CCCCC2CCN2CCCCC12. The number of piperidine rings is 2. The fraction of sp³-hybridized carbons (Fsp3) is 1.00. The Bertz CT molecular complexity index is 264. The summed E-state index contributed by atoms with van der Waals surface area (Å²) in [6.45, 7) is 7.95. The fourth-order valence-corrected chi connectivity index (χ4v) is 4.59. The van der Waals surface area contributed by atoms with Gasteiger partial charge in [-0.15, -0.1) is 0 Å². The predicted molar refractivity (Wildman–Crippen MR) is 76.8 cm³/mol. The van der Waals surface area contributed by atoms with Crippen LogP contribution in [0, 0.1) is 5.92 Å². The van der Waals surface area contributed by atoms with Gasteiger partial charge in [-0.1, -0.05) is 26.2 Å². The van der Waals surface area contributed by atoms with Gasteiger partial charge < -0.3 is 9.80 Å². The van der Waals surface area contributed by atoms with E-state index in [4.69, 9.17) is 0 Å². The Hall–Kier alpha value is -0.0800. The predicted octanol–water partition coefficient (Wildman–Crippen LogP) is 3.13. The van der Waals surface area contributed by atoms with Gasteiger partial charge in [0.15, 0.2) is 0 Å². The van der Waals surface area contributed by atoms with Crippen molar-refractivity contribution >= 4 is 0 Å². The van der Waals surface area contributed by atoms with Crippen molar-refractivity contribution in [3.8, 4) is 0 Å². The molecular formula is C16H30N2. The standard InChI is InChI=1S/C16H30N2/c1-2-14-13-18-11-5-3-7-15(18)9-12-17-10-6-4-8-16(14)17/h14-16H,2-13H2,1H3. The molecule has 3 fully saturated rings. The third kappa shape index (κ3) is 2.60. The van der Waals surface area contributed by atoms with Crippen LogP contribution in [0.1, 0.15) is 58.3 Å². The van der Waals surface area contributed by atoms with E-state index in [2.05, 4.69) is 16.7 Å². The second kappa shape index (κ2) is 5.92. The minimum atomic E-state index is 0.909. The smallest absolute Gasteiger partial charge is 0.0136 e. The zero-order chi connectivity index (χ0) is 12.4. The molecule has 0 bridgehead atoms. The van der Waals surface area contributed by atoms with Gasteiger partial charge in [0.25, 0.3) is 0 Å². The Morgan fingerprint density at radius 3 is 2.44 bits per heavy atom. The van der Waals surface area contributed by atoms with Crippen molar-refractivity contribution in [2.75, 3.05) is 26.2 Å². The number of rotatable bonds is 1. The topological polar surface area (TPSA) is 6.48 Å². The van der Waals surface area contributed by atoms with Crippen LogP contribution < -0.4 is 0 Å². The molecule has 3 unspecified atom stereocenters. The molecule has 3 aliphatic heterocycles. The van der Waals surface area contributed by atoms with Crippen LogP contribution in [-0.4, -0.2) is 48.1 Å². The monoisotopic (exact) mass is 250 g/mol. The number of hydrogen-bond donors (Lipinski definition) is 0. The maximum Gasteiger partial charge on any atom is 0.0136 e. The van der Waals surface area contributed by atoms with Gasteiger partial charge in [-0.3, -0.25) is 0 Å². The van der Waals surface area contributed by atoms with Gasteiger partial charge in [0, 0.05) is 18.6 Å². The van der Waals surface area contributed by atoms with Crippen LogP contribution in [0.4, 0.5) is 0 Å². The molecule has 104 valence electrons. The molecule has 0 radical (unpaired) electrons. The summed E-state index contributed by atoms with van der Waals surface area (Å²) < 4.78 is 0. The van der Waals surface area contributed by atoms with E-state index in [9.17, 15) is 0 Å². The van der Waals surface area contributed by atoms with Crippen molar-refractivity contribution in [3.63, 3.8) is 0 Å². The molecule has 0 amide bonds. The first-order valence-electron chi connectivity index (χ1n) is 8.36. The van der Waals surface area contributed by atoms with E-state index in [0.29, 0.717) is 0 Å². The lowest BCUT2D eigenvalue weighted by atomic mass is 9.84. The summed E-state index contributed by atoms with van der Waals surface area (Å²) in [6, 6.07) is 1.82. The Morgan fingerprint density at radius 1 is 0.833 bits per heavy atom. The van der Waals surface area contributed by atoms with E-state index in [1.54, 1.807) is 0 Å². The lowest BCUT2D eigenvalue weighted by Crippen LogP contribution is -2.54. The van der Waals surface area contributed by atoms with Crippen LogP contribution in [0.2, 0.25) is 0 Å². The molecular weight excluding hydrogens is 220 g/mol. The minimum Gasteiger partial charge on any atom is -0.300 e. The van der Waals surface area contributed by atoms with Gasteiger partial charge >= 0.3 is 0 Å². The maximum absolute atomic E-state index is 2.85. The fourth-order valence-electron chi connectivity index (χ4n) is 4.59. The van der Waals surface area contributed by atoms with E-state index >= 15 is 0 Å². The van der Waals surface area contributed by atoms with Crippen LogP contribution in [0.25, 0.3) is 0 Å². The molecule has 0 saturated carbocycles. The van der Waals surface area contributed by atoms with Gasteiger partial charge in [0.05, 0.1) is 0 Å². The van der Waals surface area contributed by atoms with Crippen LogP contribution >= 0.6 is 0 Å². The molecule has 0 N–H and O–H groups in total.